The van der Waals surface area contributed by atoms with Crippen molar-refractivity contribution in [3.8, 4) is 6.07 Å². The number of nitrogens with zero attached hydrogens (tertiary/aromatic N) is 2. The molecule has 0 spiro atoms. The second-order valence-electron chi connectivity index (χ2n) is 5.82. The Morgan fingerprint density at radius 3 is 3.11 bits per heavy atom. The highest BCUT2D eigenvalue weighted by molar-refractivity contribution is 5.82. The van der Waals surface area contributed by atoms with E-state index in [2.05, 4.69) is 21.6 Å². The average molecular weight is 264 g/mol. The molecular weight excluding hydrogens is 240 g/mol. The quantitative estimate of drug-likeness (QED) is 0.758. The first-order valence-electron chi connectivity index (χ1n) is 7.27. The molecule has 0 radical (unpaired) electrons. The molecule has 0 aliphatic carbocycles. The average Bonchev–Trinajstić information content (AvgIpc) is 2.79. The second kappa shape index (κ2) is 5.89. The van der Waals surface area contributed by atoms with Crippen molar-refractivity contribution in [2.45, 2.75) is 44.7 Å². The van der Waals surface area contributed by atoms with Crippen LogP contribution in [0.25, 0.3) is 0 Å². The molecule has 106 valence electrons. The van der Waals surface area contributed by atoms with Crippen LogP contribution in [-0.2, 0) is 4.79 Å². The maximum absolute atomic E-state index is 11.7. The molecule has 0 aromatic carbocycles. The number of hydrogen-bond acceptors (Lipinski definition) is 4. The number of nitriles is 1. The Bertz CT molecular complexity index is 378. The molecule has 3 atom stereocenters. The van der Waals surface area contributed by atoms with Gasteiger partial charge in [-0.2, -0.15) is 5.26 Å². The number of hydrogen-bond donors (Lipinski definition) is 2. The van der Waals surface area contributed by atoms with Crippen molar-refractivity contribution in [3.05, 3.63) is 0 Å². The SMILES string of the molecule is CCNC(C)(C#N)CCN1CCCC2C(=O)NCC21. The summed E-state index contributed by atoms with van der Waals surface area (Å²) in [6.07, 6.45) is 2.89. The molecule has 2 heterocycles. The van der Waals surface area contributed by atoms with E-state index in [0.29, 0.717) is 6.04 Å². The van der Waals surface area contributed by atoms with Crippen LogP contribution in [0.2, 0.25) is 0 Å². The Morgan fingerprint density at radius 2 is 2.42 bits per heavy atom. The maximum atomic E-state index is 11.7. The predicted octanol–water partition coefficient (Wildman–Crippen LogP) is 0.479. The number of amides is 1. The monoisotopic (exact) mass is 264 g/mol. The highest BCUT2D eigenvalue weighted by atomic mass is 16.2. The van der Waals surface area contributed by atoms with Crippen molar-refractivity contribution in [1.29, 1.82) is 5.26 Å². The summed E-state index contributed by atoms with van der Waals surface area (Å²) in [7, 11) is 0. The largest absolute Gasteiger partial charge is 0.354 e. The highest BCUT2D eigenvalue weighted by Crippen LogP contribution is 2.28. The molecule has 19 heavy (non-hydrogen) atoms. The minimum Gasteiger partial charge on any atom is -0.354 e. The van der Waals surface area contributed by atoms with Crippen molar-refractivity contribution in [2.75, 3.05) is 26.2 Å². The van der Waals surface area contributed by atoms with E-state index in [1.165, 1.54) is 0 Å². The number of carbonyl (C=O) groups is 1. The van der Waals surface area contributed by atoms with Crippen molar-refractivity contribution in [2.24, 2.45) is 5.92 Å². The predicted molar refractivity (Wildman–Crippen MR) is 73.4 cm³/mol. The van der Waals surface area contributed by atoms with Crippen LogP contribution in [-0.4, -0.2) is 48.6 Å². The first-order valence-corrected chi connectivity index (χ1v) is 7.27. The van der Waals surface area contributed by atoms with Crippen molar-refractivity contribution in [1.82, 2.24) is 15.5 Å². The van der Waals surface area contributed by atoms with E-state index in [4.69, 9.17) is 0 Å². The zero-order chi connectivity index (χ0) is 13.9. The minimum absolute atomic E-state index is 0.168. The van der Waals surface area contributed by atoms with E-state index in [1.54, 1.807) is 0 Å². The molecule has 3 unspecified atom stereocenters. The van der Waals surface area contributed by atoms with Gasteiger partial charge in [0.25, 0.3) is 0 Å². The van der Waals surface area contributed by atoms with Crippen LogP contribution in [0.15, 0.2) is 0 Å². The van der Waals surface area contributed by atoms with E-state index < -0.39 is 5.54 Å². The summed E-state index contributed by atoms with van der Waals surface area (Å²) in [5, 5.41) is 15.5. The molecule has 2 rings (SSSR count). The molecule has 0 bridgehead atoms. The topological polar surface area (TPSA) is 68.2 Å². The van der Waals surface area contributed by atoms with E-state index in [-0.39, 0.29) is 11.8 Å². The molecule has 2 aliphatic heterocycles. The molecule has 0 aromatic rings. The Kier molecular flexibility index (Phi) is 4.43. The molecule has 0 saturated carbocycles. The normalized spacial score (nSPS) is 30.3. The van der Waals surface area contributed by atoms with Gasteiger partial charge in [0.1, 0.15) is 5.54 Å². The number of likely N-dealkylation sites (tertiary alicyclic amines) is 1. The standard InChI is InChI=1S/C14H24N4O/c1-3-17-14(2,10-15)6-8-18-7-4-5-11-12(18)9-16-13(11)19/h11-12,17H,3-9H2,1-2H3,(H,16,19). The first kappa shape index (κ1) is 14.3. The third kappa shape index (κ3) is 3.07. The van der Waals surface area contributed by atoms with Gasteiger partial charge in [-0.15, -0.1) is 0 Å². The van der Waals surface area contributed by atoms with Gasteiger partial charge in [0, 0.05) is 19.1 Å². The van der Waals surface area contributed by atoms with Gasteiger partial charge in [0.05, 0.1) is 12.0 Å². The lowest BCUT2D eigenvalue weighted by atomic mass is 9.90. The fraction of sp³-hybridized carbons (Fsp3) is 0.857. The lowest BCUT2D eigenvalue weighted by Gasteiger charge is -2.37. The third-order valence-corrected chi connectivity index (χ3v) is 4.43. The molecule has 2 fully saturated rings. The zero-order valence-electron chi connectivity index (χ0n) is 11.9. The van der Waals surface area contributed by atoms with Crippen molar-refractivity contribution in [3.63, 3.8) is 0 Å². The summed E-state index contributed by atoms with van der Waals surface area (Å²) < 4.78 is 0. The van der Waals surface area contributed by atoms with Crippen LogP contribution in [0.5, 0.6) is 0 Å². The summed E-state index contributed by atoms with van der Waals surface area (Å²) in [6.45, 7) is 7.48. The second-order valence-corrected chi connectivity index (χ2v) is 5.82. The van der Waals surface area contributed by atoms with Gasteiger partial charge in [-0.25, -0.2) is 0 Å². The lowest BCUT2D eigenvalue weighted by Crippen LogP contribution is -2.49. The molecule has 0 aromatic heterocycles. The molecular formula is C14H24N4O. The lowest BCUT2D eigenvalue weighted by molar-refractivity contribution is -0.124. The first-order chi connectivity index (χ1) is 9.09. The summed E-state index contributed by atoms with van der Waals surface area (Å²) in [4.78, 5) is 14.1. The Balaban J connectivity index is 1.92. The van der Waals surface area contributed by atoms with Crippen molar-refractivity contribution < 1.29 is 4.79 Å². The van der Waals surface area contributed by atoms with Crippen LogP contribution < -0.4 is 10.6 Å². The van der Waals surface area contributed by atoms with Gasteiger partial charge in [-0.3, -0.25) is 15.0 Å². The Hall–Kier alpha value is -1.12. The third-order valence-electron chi connectivity index (χ3n) is 4.43. The van der Waals surface area contributed by atoms with Gasteiger partial charge in [-0.05, 0) is 39.3 Å². The molecule has 2 aliphatic rings. The highest BCUT2D eigenvalue weighted by Gasteiger charge is 2.40. The number of piperidine rings is 1. The van der Waals surface area contributed by atoms with E-state index in [1.807, 2.05) is 13.8 Å². The summed E-state index contributed by atoms with van der Waals surface area (Å²) in [5.41, 5.74) is -0.461. The molecule has 1 amide bonds. The van der Waals surface area contributed by atoms with Gasteiger partial charge < -0.3 is 5.32 Å². The fourth-order valence-electron chi connectivity index (χ4n) is 3.26. The van der Waals surface area contributed by atoms with Gasteiger partial charge in [0.15, 0.2) is 0 Å². The number of carbonyl (C=O) groups excluding carboxylic acids is 1. The summed E-state index contributed by atoms with van der Waals surface area (Å²) in [6, 6.07) is 2.71. The van der Waals surface area contributed by atoms with E-state index in [9.17, 15) is 10.1 Å². The molecule has 5 heteroatoms. The van der Waals surface area contributed by atoms with Crippen LogP contribution in [0.4, 0.5) is 0 Å². The smallest absolute Gasteiger partial charge is 0.224 e. The van der Waals surface area contributed by atoms with Crippen LogP contribution in [0.3, 0.4) is 0 Å². The zero-order valence-corrected chi connectivity index (χ0v) is 11.9. The molecule has 2 N–H and O–H groups in total. The van der Waals surface area contributed by atoms with Gasteiger partial charge >= 0.3 is 0 Å². The number of fused-ring (bicyclic) bond motifs is 1. The molecule has 2 saturated heterocycles. The Morgan fingerprint density at radius 1 is 1.63 bits per heavy atom. The fourth-order valence-corrected chi connectivity index (χ4v) is 3.26. The Labute approximate surface area is 115 Å². The number of nitrogens with one attached hydrogen (secondary N) is 2. The summed E-state index contributed by atoms with van der Waals surface area (Å²) >= 11 is 0. The maximum Gasteiger partial charge on any atom is 0.224 e. The molecule has 5 nitrogen and oxygen atoms in total. The minimum atomic E-state index is -0.461. The van der Waals surface area contributed by atoms with Crippen LogP contribution >= 0.6 is 0 Å². The van der Waals surface area contributed by atoms with Crippen LogP contribution in [0, 0.1) is 17.2 Å². The van der Waals surface area contributed by atoms with E-state index >= 15 is 0 Å². The van der Waals surface area contributed by atoms with Gasteiger partial charge in [0.2, 0.25) is 5.91 Å². The van der Waals surface area contributed by atoms with Crippen molar-refractivity contribution >= 4 is 5.91 Å². The van der Waals surface area contributed by atoms with Gasteiger partial charge in [-0.1, -0.05) is 6.92 Å². The van der Waals surface area contributed by atoms with Crippen LogP contribution in [0.1, 0.15) is 33.1 Å². The van der Waals surface area contributed by atoms with E-state index in [0.717, 1.165) is 45.4 Å². The summed E-state index contributed by atoms with van der Waals surface area (Å²) in [5.74, 6) is 0.380. The number of rotatable bonds is 5.